The Morgan fingerprint density at radius 2 is 1.74 bits per heavy atom. The number of halogens is 4. The molecule has 0 aliphatic carbocycles. The summed E-state index contributed by atoms with van der Waals surface area (Å²) in [5, 5.41) is 8.07. The van der Waals surface area contributed by atoms with Gasteiger partial charge in [0.1, 0.15) is 17.9 Å². The van der Waals surface area contributed by atoms with Crippen LogP contribution < -0.4 is 15.0 Å². The van der Waals surface area contributed by atoms with Gasteiger partial charge in [0.2, 0.25) is 0 Å². The quantitative estimate of drug-likeness (QED) is 0.189. The average Bonchev–Trinajstić information content (AvgIpc) is 3.51. The lowest BCUT2D eigenvalue weighted by Gasteiger charge is -2.37. The molecule has 1 aromatic heterocycles. The molecule has 2 heterocycles. The molecule has 1 aliphatic heterocycles. The number of alkyl halides is 3. The number of thioether (sulfide) groups is 1. The molecule has 1 aliphatic rings. The van der Waals surface area contributed by atoms with Gasteiger partial charge in [-0.05, 0) is 79.8 Å². The number of hydrogen-bond donors (Lipinski definition) is 1. The standard InChI is InChI=1S/C34H36F4N6O2S/c1-20(2)29-18-26(35)10-15-30(29)44-21(3)16-17-47-33(44)41-32(45)40-23(5)22(4)24-6-8-25(9-7-24)31-39-19-43(42-31)27-11-13-28(14-12-27)46-34(36,37)38/h6-15,18-23H,16-17H2,1-5H3,(H,40,45)/b41-33-. The highest BCUT2D eigenvalue weighted by Crippen LogP contribution is 2.35. The molecule has 13 heteroatoms. The Morgan fingerprint density at radius 1 is 1.04 bits per heavy atom. The molecule has 8 nitrogen and oxygen atoms in total. The lowest BCUT2D eigenvalue weighted by molar-refractivity contribution is -0.274. The second kappa shape index (κ2) is 14.2. The van der Waals surface area contributed by atoms with E-state index in [0.29, 0.717) is 16.7 Å². The number of urea groups is 1. The van der Waals surface area contributed by atoms with Crippen molar-refractivity contribution >= 4 is 28.6 Å². The van der Waals surface area contributed by atoms with E-state index in [4.69, 9.17) is 0 Å². The topological polar surface area (TPSA) is 84.6 Å². The van der Waals surface area contributed by atoms with Gasteiger partial charge in [-0.1, -0.05) is 56.8 Å². The molecule has 0 spiro atoms. The van der Waals surface area contributed by atoms with Gasteiger partial charge in [0, 0.05) is 35.0 Å². The summed E-state index contributed by atoms with van der Waals surface area (Å²) in [6.07, 6.45) is -2.37. The predicted octanol–water partition coefficient (Wildman–Crippen LogP) is 8.69. The van der Waals surface area contributed by atoms with Crippen LogP contribution in [0.5, 0.6) is 5.75 Å². The van der Waals surface area contributed by atoms with E-state index >= 15 is 0 Å². The number of carbonyl (C=O) groups is 1. The molecule has 3 atom stereocenters. The maximum Gasteiger partial charge on any atom is 0.573 e. The minimum absolute atomic E-state index is 0.0465. The first-order chi connectivity index (χ1) is 22.3. The summed E-state index contributed by atoms with van der Waals surface area (Å²) in [5.41, 5.74) is 4.00. The number of nitrogens with one attached hydrogen (secondary N) is 1. The SMILES string of the molecule is CC(C)c1cc(F)ccc1N1/C(=N/C(=O)NC(C)C(C)c2ccc(-c3ncn(-c4ccc(OC(F)(F)F)cc4)n3)cc2)SCCC1C. The number of hydrogen-bond acceptors (Lipinski definition) is 5. The zero-order valence-electron chi connectivity index (χ0n) is 26.6. The molecule has 2 amide bonds. The number of aliphatic imine (C=N–C) groups is 1. The molecule has 3 aromatic carbocycles. The highest BCUT2D eigenvalue weighted by Gasteiger charge is 2.31. The van der Waals surface area contributed by atoms with E-state index in [2.05, 4.69) is 32.1 Å². The molecule has 1 saturated heterocycles. The molecule has 5 rings (SSSR count). The van der Waals surface area contributed by atoms with Crippen LogP contribution in [0.3, 0.4) is 0 Å². The fraction of sp³-hybridized carbons (Fsp3) is 0.353. The Bertz CT molecular complexity index is 1720. The van der Waals surface area contributed by atoms with Crippen molar-refractivity contribution in [3.8, 4) is 22.8 Å². The van der Waals surface area contributed by atoms with Crippen molar-refractivity contribution in [2.24, 2.45) is 4.99 Å². The number of anilines is 1. The van der Waals surface area contributed by atoms with Gasteiger partial charge in [-0.15, -0.1) is 18.3 Å². The van der Waals surface area contributed by atoms with Gasteiger partial charge in [0.25, 0.3) is 0 Å². The monoisotopic (exact) mass is 668 g/mol. The first-order valence-electron chi connectivity index (χ1n) is 15.3. The average molecular weight is 669 g/mol. The summed E-state index contributed by atoms with van der Waals surface area (Å²) in [7, 11) is 0. The fourth-order valence-electron chi connectivity index (χ4n) is 5.33. The number of amidine groups is 1. The van der Waals surface area contributed by atoms with Gasteiger partial charge >= 0.3 is 12.4 Å². The van der Waals surface area contributed by atoms with E-state index in [-0.39, 0.29) is 35.5 Å². The van der Waals surface area contributed by atoms with E-state index < -0.39 is 12.4 Å². The molecule has 3 unspecified atom stereocenters. The van der Waals surface area contributed by atoms with Crippen molar-refractivity contribution in [3.63, 3.8) is 0 Å². The number of nitrogens with zero attached hydrogens (tertiary/aromatic N) is 5. The summed E-state index contributed by atoms with van der Waals surface area (Å²) in [5.74, 6) is 0.712. The summed E-state index contributed by atoms with van der Waals surface area (Å²) in [4.78, 5) is 24.0. The van der Waals surface area contributed by atoms with E-state index in [1.165, 1.54) is 53.1 Å². The zero-order chi connectivity index (χ0) is 33.9. The largest absolute Gasteiger partial charge is 0.573 e. The van der Waals surface area contributed by atoms with Gasteiger partial charge < -0.3 is 15.0 Å². The van der Waals surface area contributed by atoms with Crippen molar-refractivity contribution < 1.29 is 27.1 Å². The van der Waals surface area contributed by atoms with Gasteiger partial charge in [-0.25, -0.2) is 18.9 Å². The Kier molecular flexibility index (Phi) is 10.2. The van der Waals surface area contributed by atoms with E-state index in [1.807, 2.05) is 56.9 Å². The Balaban J connectivity index is 1.24. The number of rotatable bonds is 8. The number of carbonyl (C=O) groups excluding carboxylic acids is 1. The first-order valence-corrected chi connectivity index (χ1v) is 16.3. The predicted molar refractivity (Wildman–Crippen MR) is 177 cm³/mol. The molecule has 0 radical (unpaired) electrons. The maximum absolute atomic E-state index is 14.1. The van der Waals surface area contributed by atoms with Crippen molar-refractivity contribution in [1.29, 1.82) is 0 Å². The van der Waals surface area contributed by atoms with Crippen molar-refractivity contribution in [1.82, 2.24) is 20.1 Å². The van der Waals surface area contributed by atoms with Crippen LogP contribution in [0.2, 0.25) is 0 Å². The zero-order valence-corrected chi connectivity index (χ0v) is 27.4. The summed E-state index contributed by atoms with van der Waals surface area (Å²) in [6, 6.07) is 17.2. The van der Waals surface area contributed by atoms with Crippen LogP contribution in [0, 0.1) is 5.82 Å². The van der Waals surface area contributed by atoms with Crippen molar-refractivity contribution in [2.45, 2.75) is 71.3 Å². The number of amides is 2. The van der Waals surface area contributed by atoms with Crippen LogP contribution in [0.25, 0.3) is 17.1 Å². The van der Waals surface area contributed by atoms with Crippen LogP contribution in [0.4, 0.5) is 28.0 Å². The summed E-state index contributed by atoms with van der Waals surface area (Å²) in [6.45, 7) is 10.1. The Labute approximate surface area is 275 Å². The summed E-state index contributed by atoms with van der Waals surface area (Å²) >= 11 is 1.52. The van der Waals surface area contributed by atoms with Crippen molar-refractivity contribution in [2.75, 3.05) is 10.7 Å². The number of ether oxygens (including phenoxy) is 1. The molecule has 1 fully saturated rings. The second-order valence-corrected chi connectivity index (χ2v) is 12.9. The lowest BCUT2D eigenvalue weighted by atomic mass is 9.93. The van der Waals surface area contributed by atoms with Gasteiger partial charge in [-0.3, -0.25) is 0 Å². The maximum atomic E-state index is 14.1. The van der Waals surface area contributed by atoms with Crippen LogP contribution in [0.1, 0.15) is 64.0 Å². The molecule has 248 valence electrons. The first kappa shape index (κ1) is 34.0. The normalized spacial score (nSPS) is 17.5. The highest BCUT2D eigenvalue weighted by molar-refractivity contribution is 8.14. The molecule has 47 heavy (non-hydrogen) atoms. The third-order valence-corrected chi connectivity index (χ3v) is 9.09. The fourth-order valence-corrected chi connectivity index (χ4v) is 6.53. The van der Waals surface area contributed by atoms with E-state index in [9.17, 15) is 22.4 Å². The molecule has 0 saturated carbocycles. The van der Waals surface area contributed by atoms with Crippen LogP contribution in [-0.4, -0.2) is 50.2 Å². The Hall–Kier alpha value is -4.39. The molecule has 0 bridgehead atoms. The van der Waals surface area contributed by atoms with Gasteiger partial charge in [0.15, 0.2) is 11.0 Å². The molecular formula is C34H36F4N6O2S. The molecule has 1 N–H and O–H groups in total. The van der Waals surface area contributed by atoms with E-state index in [1.54, 1.807) is 12.1 Å². The third kappa shape index (κ3) is 8.31. The molecular weight excluding hydrogens is 632 g/mol. The number of benzene rings is 3. The minimum atomic E-state index is -4.76. The van der Waals surface area contributed by atoms with Gasteiger partial charge in [-0.2, -0.15) is 4.99 Å². The molecule has 4 aromatic rings. The Morgan fingerprint density at radius 3 is 2.40 bits per heavy atom. The minimum Gasteiger partial charge on any atom is -0.406 e. The number of aromatic nitrogens is 3. The van der Waals surface area contributed by atoms with Crippen molar-refractivity contribution in [3.05, 3.63) is 90.0 Å². The van der Waals surface area contributed by atoms with E-state index in [0.717, 1.165) is 34.6 Å². The van der Waals surface area contributed by atoms with Crippen LogP contribution in [-0.2, 0) is 0 Å². The lowest BCUT2D eigenvalue weighted by Crippen LogP contribution is -2.43. The summed E-state index contributed by atoms with van der Waals surface area (Å²) < 4.78 is 56.9. The highest BCUT2D eigenvalue weighted by atomic mass is 32.2. The van der Waals surface area contributed by atoms with Gasteiger partial charge in [0.05, 0.1) is 5.69 Å². The smallest absolute Gasteiger partial charge is 0.406 e. The second-order valence-electron chi connectivity index (χ2n) is 11.8. The van der Waals surface area contributed by atoms with Crippen LogP contribution >= 0.6 is 11.8 Å². The third-order valence-electron chi connectivity index (χ3n) is 8.10. The van der Waals surface area contributed by atoms with Crippen LogP contribution in [0.15, 0.2) is 78.0 Å².